The minimum Gasteiger partial charge on any atom is -0.462 e. The highest BCUT2D eigenvalue weighted by Gasteiger charge is 2.15. The van der Waals surface area contributed by atoms with E-state index in [0.717, 1.165) is 0 Å². The second kappa shape index (κ2) is 8.44. The summed E-state index contributed by atoms with van der Waals surface area (Å²) in [6.07, 6.45) is 1.65. The molecule has 5 nitrogen and oxygen atoms in total. The summed E-state index contributed by atoms with van der Waals surface area (Å²) in [6.45, 7) is 9.55. The maximum atomic E-state index is 11.3. The molecule has 0 radical (unpaired) electrons. The number of amides is 1. The summed E-state index contributed by atoms with van der Waals surface area (Å²) in [5.74, 6) is -0.913. The summed E-state index contributed by atoms with van der Waals surface area (Å²) in [4.78, 5) is 34.3. The van der Waals surface area contributed by atoms with Crippen LogP contribution in [-0.2, 0) is 19.1 Å². The Morgan fingerprint density at radius 2 is 1.94 bits per heavy atom. The second-order valence-corrected chi connectivity index (χ2v) is 4.37. The third kappa shape index (κ3) is 6.18. The van der Waals surface area contributed by atoms with Crippen LogP contribution in [0, 0.1) is 0 Å². The molecule has 102 valence electrons. The Labute approximate surface area is 108 Å². The molecular weight excluding hydrogens is 234 g/mol. The molecule has 0 aliphatic heterocycles. The van der Waals surface area contributed by atoms with Gasteiger partial charge < -0.3 is 9.64 Å². The van der Waals surface area contributed by atoms with Crippen molar-refractivity contribution in [3.05, 3.63) is 12.2 Å². The normalized spacial score (nSPS) is 10.0. The van der Waals surface area contributed by atoms with Gasteiger partial charge in [0.1, 0.15) is 0 Å². The SMILES string of the molecule is C=C(C)C(=O)OCCCCN(C(=O)C=O)C(C)C. The molecule has 0 fully saturated rings. The smallest absolute Gasteiger partial charge is 0.333 e. The minimum absolute atomic E-state index is 0.0133. The third-order valence-corrected chi connectivity index (χ3v) is 2.38. The largest absolute Gasteiger partial charge is 0.462 e. The zero-order valence-corrected chi connectivity index (χ0v) is 11.3. The van der Waals surface area contributed by atoms with Crippen LogP contribution in [0.2, 0.25) is 0 Å². The first-order valence-electron chi connectivity index (χ1n) is 5.98. The molecule has 0 aliphatic rings. The van der Waals surface area contributed by atoms with E-state index >= 15 is 0 Å². The molecule has 0 aromatic heterocycles. The van der Waals surface area contributed by atoms with Crippen LogP contribution < -0.4 is 0 Å². The number of carbonyl (C=O) groups is 3. The van der Waals surface area contributed by atoms with E-state index in [9.17, 15) is 14.4 Å². The van der Waals surface area contributed by atoms with E-state index in [2.05, 4.69) is 6.58 Å². The molecule has 0 aromatic carbocycles. The van der Waals surface area contributed by atoms with Crippen LogP contribution in [0.25, 0.3) is 0 Å². The van der Waals surface area contributed by atoms with Gasteiger partial charge in [-0.3, -0.25) is 9.59 Å². The van der Waals surface area contributed by atoms with E-state index in [4.69, 9.17) is 4.74 Å². The van der Waals surface area contributed by atoms with E-state index in [-0.39, 0.29) is 6.04 Å². The third-order valence-electron chi connectivity index (χ3n) is 2.38. The first-order valence-corrected chi connectivity index (χ1v) is 5.98. The predicted octanol–water partition coefficient (Wildman–Crippen LogP) is 1.32. The van der Waals surface area contributed by atoms with Gasteiger partial charge in [0.05, 0.1) is 6.61 Å². The van der Waals surface area contributed by atoms with Gasteiger partial charge in [-0.2, -0.15) is 0 Å². The zero-order valence-electron chi connectivity index (χ0n) is 11.3. The monoisotopic (exact) mass is 255 g/mol. The van der Waals surface area contributed by atoms with Crippen LogP contribution in [0.1, 0.15) is 33.6 Å². The van der Waals surface area contributed by atoms with Gasteiger partial charge in [-0.25, -0.2) is 4.79 Å². The van der Waals surface area contributed by atoms with Gasteiger partial charge in [-0.05, 0) is 33.6 Å². The lowest BCUT2D eigenvalue weighted by atomic mass is 10.2. The molecule has 1 amide bonds. The maximum absolute atomic E-state index is 11.3. The number of esters is 1. The van der Waals surface area contributed by atoms with Crippen molar-refractivity contribution >= 4 is 18.2 Å². The van der Waals surface area contributed by atoms with E-state index in [1.807, 2.05) is 13.8 Å². The van der Waals surface area contributed by atoms with Gasteiger partial charge in [-0.15, -0.1) is 0 Å². The number of hydrogen-bond acceptors (Lipinski definition) is 4. The Hall–Kier alpha value is -1.65. The standard InChI is InChI=1S/C13H21NO4/c1-10(2)13(17)18-8-6-5-7-14(11(3)4)12(16)9-15/h9,11H,1,5-8H2,2-4H3. The van der Waals surface area contributed by atoms with Crippen molar-refractivity contribution in [1.82, 2.24) is 4.90 Å². The fourth-order valence-electron chi connectivity index (χ4n) is 1.36. The van der Waals surface area contributed by atoms with E-state index < -0.39 is 11.9 Å². The molecule has 0 saturated heterocycles. The molecule has 0 atom stereocenters. The number of rotatable bonds is 8. The van der Waals surface area contributed by atoms with Crippen LogP contribution in [-0.4, -0.2) is 42.3 Å². The molecule has 0 aromatic rings. The molecule has 0 N–H and O–H groups in total. The summed E-state index contributed by atoms with van der Waals surface area (Å²) in [5, 5.41) is 0. The summed E-state index contributed by atoms with van der Waals surface area (Å²) in [6, 6.07) is -0.0133. The molecule has 0 spiro atoms. The van der Waals surface area contributed by atoms with Crippen molar-refractivity contribution < 1.29 is 19.1 Å². The Kier molecular flexibility index (Phi) is 7.67. The average molecular weight is 255 g/mol. The first kappa shape index (κ1) is 16.4. The quantitative estimate of drug-likeness (QED) is 0.216. The number of hydrogen-bond donors (Lipinski definition) is 0. The van der Waals surface area contributed by atoms with Crippen LogP contribution in [0.4, 0.5) is 0 Å². The van der Waals surface area contributed by atoms with Gasteiger partial charge in [0.2, 0.25) is 6.29 Å². The maximum Gasteiger partial charge on any atom is 0.333 e. The number of aldehydes is 1. The summed E-state index contributed by atoms with van der Waals surface area (Å²) in [7, 11) is 0. The first-order chi connectivity index (χ1) is 8.40. The van der Waals surface area contributed by atoms with Gasteiger partial charge in [-0.1, -0.05) is 6.58 Å². The number of ether oxygens (including phenoxy) is 1. The fourth-order valence-corrected chi connectivity index (χ4v) is 1.36. The molecule has 18 heavy (non-hydrogen) atoms. The van der Waals surface area contributed by atoms with Crippen molar-refractivity contribution in [1.29, 1.82) is 0 Å². The van der Waals surface area contributed by atoms with Crippen molar-refractivity contribution in [2.75, 3.05) is 13.2 Å². The average Bonchev–Trinajstić information content (AvgIpc) is 2.31. The highest BCUT2D eigenvalue weighted by atomic mass is 16.5. The number of unbranched alkanes of at least 4 members (excludes halogenated alkanes) is 1. The summed E-state index contributed by atoms with van der Waals surface area (Å²) in [5.41, 5.74) is 0.370. The van der Waals surface area contributed by atoms with Crippen LogP contribution in [0.5, 0.6) is 0 Å². The molecular formula is C13H21NO4. The van der Waals surface area contributed by atoms with Crippen molar-refractivity contribution in [3.63, 3.8) is 0 Å². The van der Waals surface area contributed by atoms with E-state index in [0.29, 0.717) is 37.9 Å². The van der Waals surface area contributed by atoms with Crippen molar-refractivity contribution in [2.24, 2.45) is 0 Å². The van der Waals surface area contributed by atoms with Gasteiger partial charge in [0, 0.05) is 18.2 Å². The highest BCUT2D eigenvalue weighted by molar-refractivity contribution is 6.23. The van der Waals surface area contributed by atoms with Gasteiger partial charge >= 0.3 is 5.97 Å². The van der Waals surface area contributed by atoms with Crippen molar-refractivity contribution in [3.8, 4) is 0 Å². The van der Waals surface area contributed by atoms with E-state index in [1.54, 1.807) is 6.92 Å². The number of nitrogens with zero attached hydrogens (tertiary/aromatic N) is 1. The Balaban J connectivity index is 3.88. The summed E-state index contributed by atoms with van der Waals surface area (Å²) >= 11 is 0. The predicted molar refractivity (Wildman–Crippen MR) is 67.9 cm³/mol. The lowest BCUT2D eigenvalue weighted by Gasteiger charge is -2.24. The molecule has 0 aliphatic carbocycles. The molecule has 0 heterocycles. The Morgan fingerprint density at radius 3 is 2.39 bits per heavy atom. The number of carbonyl (C=O) groups excluding carboxylic acids is 3. The van der Waals surface area contributed by atoms with Crippen molar-refractivity contribution in [2.45, 2.75) is 39.7 Å². The van der Waals surface area contributed by atoms with Crippen LogP contribution in [0.15, 0.2) is 12.2 Å². The molecule has 0 rings (SSSR count). The Bertz CT molecular complexity index is 323. The molecule has 0 saturated carbocycles. The van der Waals surface area contributed by atoms with Gasteiger partial charge in [0.25, 0.3) is 5.91 Å². The minimum atomic E-state index is -0.510. The molecule has 5 heteroatoms. The van der Waals surface area contributed by atoms with Gasteiger partial charge in [0.15, 0.2) is 0 Å². The van der Waals surface area contributed by atoms with Crippen LogP contribution >= 0.6 is 0 Å². The molecule has 0 unspecified atom stereocenters. The highest BCUT2D eigenvalue weighted by Crippen LogP contribution is 2.02. The fraction of sp³-hybridized carbons (Fsp3) is 0.615. The van der Waals surface area contributed by atoms with E-state index in [1.165, 1.54) is 4.90 Å². The second-order valence-electron chi connectivity index (χ2n) is 4.37. The molecule has 0 bridgehead atoms. The zero-order chi connectivity index (χ0) is 14.1. The van der Waals surface area contributed by atoms with Crippen LogP contribution in [0.3, 0.4) is 0 Å². The summed E-state index contributed by atoms with van der Waals surface area (Å²) < 4.78 is 4.92. The Morgan fingerprint density at radius 1 is 1.33 bits per heavy atom. The lowest BCUT2D eigenvalue weighted by molar-refractivity contribution is -0.140. The lowest BCUT2D eigenvalue weighted by Crippen LogP contribution is -2.38. The topological polar surface area (TPSA) is 63.7 Å².